The van der Waals surface area contributed by atoms with Gasteiger partial charge in [0, 0.05) is 10.2 Å². The maximum Gasteiger partial charge on any atom is 0.308 e. The predicted octanol–water partition coefficient (Wildman–Crippen LogP) is 3.48. The molecule has 0 aliphatic rings. The summed E-state index contributed by atoms with van der Waals surface area (Å²) in [5.74, 6) is 0.569. The van der Waals surface area contributed by atoms with Crippen molar-refractivity contribution in [1.29, 1.82) is 0 Å². The van der Waals surface area contributed by atoms with Crippen LogP contribution in [-0.4, -0.2) is 22.8 Å². The molecular weight excluding hydrogens is 240 g/mol. The van der Waals surface area contributed by atoms with Crippen LogP contribution in [0.5, 0.6) is 0 Å². The van der Waals surface area contributed by atoms with Crippen LogP contribution in [-0.2, 0) is 9.53 Å². The number of esters is 1. The van der Waals surface area contributed by atoms with Crippen LogP contribution in [0.4, 0.5) is 0 Å². The maximum absolute atomic E-state index is 12.3. The van der Waals surface area contributed by atoms with E-state index in [0.29, 0.717) is 12.5 Å². The summed E-state index contributed by atoms with van der Waals surface area (Å²) in [7, 11) is 0.901. The highest BCUT2D eigenvalue weighted by atomic mass is 28.1. The van der Waals surface area contributed by atoms with Gasteiger partial charge in [-0.3, -0.25) is 4.79 Å². The van der Waals surface area contributed by atoms with Crippen molar-refractivity contribution in [2.45, 2.75) is 77.7 Å². The lowest BCUT2D eigenvalue weighted by molar-refractivity contribution is -0.149. The summed E-state index contributed by atoms with van der Waals surface area (Å²) in [5, 5.41) is -0.158. The molecule has 0 N–H and O–H groups in total. The van der Waals surface area contributed by atoms with Gasteiger partial charge >= 0.3 is 5.97 Å². The molecule has 0 aliphatic heterocycles. The second-order valence-corrected chi connectivity index (χ2v) is 7.27. The summed E-state index contributed by atoms with van der Waals surface area (Å²) in [4.78, 5) is 12.3. The largest absolute Gasteiger partial charge is 0.466 e. The molecule has 0 aromatic carbocycles. The van der Waals surface area contributed by atoms with Crippen molar-refractivity contribution in [2.75, 3.05) is 6.61 Å². The van der Waals surface area contributed by atoms with Crippen molar-refractivity contribution in [3.05, 3.63) is 0 Å². The Labute approximate surface area is 116 Å². The second kappa shape index (κ2) is 9.60. The third-order valence-corrected chi connectivity index (χ3v) is 6.25. The van der Waals surface area contributed by atoms with Gasteiger partial charge in [0.2, 0.25) is 0 Å². The van der Waals surface area contributed by atoms with Gasteiger partial charge in [0.15, 0.2) is 0 Å². The fourth-order valence-electron chi connectivity index (χ4n) is 2.65. The second-order valence-electron chi connectivity index (χ2n) is 5.48. The van der Waals surface area contributed by atoms with Crippen LogP contribution < -0.4 is 0 Å². The minimum absolute atomic E-state index is 0.0712. The first kappa shape index (κ1) is 17.7. The molecule has 0 spiro atoms. The van der Waals surface area contributed by atoms with Gasteiger partial charge in [0.25, 0.3) is 0 Å². The van der Waals surface area contributed by atoms with Crippen LogP contribution in [0.1, 0.15) is 72.6 Å². The number of unbranched alkanes of at least 4 members (excludes halogenated alkanes) is 3. The third-order valence-electron chi connectivity index (χ3n) is 4.32. The van der Waals surface area contributed by atoms with Crippen LogP contribution in [0.25, 0.3) is 0 Å². The Hall–Kier alpha value is -0.313. The van der Waals surface area contributed by atoms with Gasteiger partial charge in [-0.2, -0.15) is 0 Å². The highest BCUT2D eigenvalue weighted by molar-refractivity contribution is 6.27. The zero-order valence-electron chi connectivity index (χ0n) is 13.1. The van der Waals surface area contributed by atoms with Crippen molar-refractivity contribution >= 4 is 16.2 Å². The average molecular weight is 273 g/mol. The molecule has 0 heterocycles. The van der Waals surface area contributed by atoms with E-state index in [2.05, 4.69) is 27.7 Å². The Morgan fingerprint density at radius 3 is 2.17 bits per heavy atom. The SMILES string of the molecule is CCCCCCOC(=O)C([SiH3])(CC)C(CC)CC. The molecule has 3 heteroatoms. The fourth-order valence-corrected chi connectivity index (χ4v) is 3.61. The lowest BCUT2D eigenvalue weighted by Crippen LogP contribution is -2.33. The number of carbonyl (C=O) groups is 1. The van der Waals surface area contributed by atoms with Gasteiger partial charge < -0.3 is 4.74 Å². The highest BCUT2D eigenvalue weighted by Gasteiger charge is 2.38. The van der Waals surface area contributed by atoms with E-state index in [1.54, 1.807) is 0 Å². The summed E-state index contributed by atoms with van der Waals surface area (Å²) in [5.41, 5.74) is 0. The monoisotopic (exact) mass is 272 g/mol. The first-order valence-electron chi connectivity index (χ1n) is 7.73. The quantitative estimate of drug-likeness (QED) is 0.346. The van der Waals surface area contributed by atoms with Gasteiger partial charge in [-0.1, -0.05) is 59.8 Å². The summed E-state index contributed by atoms with van der Waals surface area (Å²) in [6.45, 7) is 9.31. The molecule has 0 aliphatic carbocycles. The van der Waals surface area contributed by atoms with Crippen molar-refractivity contribution in [3.63, 3.8) is 0 Å². The van der Waals surface area contributed by atoms with Crippen molar-refractivity contribution in [1.82, 2.24) is 0 Å². The molecule has 0 aromatic heterocycles. The first-order valence-corrected chi connectivity index (χ1v) is 8.73. The maximum atomic E-state index is 12.3. The molecule has 0 saturated carbocycles. The molecule has 0 bridgehead atoms. The van der Waals surface area contributed by atoms with Gasteiger partial charge in [-0.05, 0) is 18.8 Å². The van der Waals surface area contributed by atoms with Gasteiger partial charge in [-0.25, -0.2) is 0 Å². The number of carbonyl (C=O) groups excluding carboxylic acids is 1. The molecule has 0 radical (unpaired) electrons. The zero-order chi connectivity index (χ0) is 14.0. The molecular formula is C15H32O2Si. The van der Waals surface area contributed by atoms with Crippen molar-refractivity contribution in [3.8, 4) is 0 Å². The van der Waals surface area contributed by atoms with E-state index in [1.807, 2.05) is 0 Å². The van der Waals surface area contributed by atoms with Crippen LogP contribution >= 0.6 is 0 Å². The van der Waals surface area contributed by atoms with Crippen LogP contribution in [0.15, 0.2) is 0 Å². The first-order chi connectivity index (χ1) is 8.56. The Kier molecular flexibility index (Phi) is 9.43. The number of hydrogen-bond acceptors (Lipinski definition) is 2. The van der Waals surface area contributed by atoms with E-state index >= 15 is 0 Å². The minimum atomic E-state index is -0.158. The third kappa shape index (κ3) is 5.13. The van der Waals surface area contributed by atoms with E-state index < -0.39 is 0 Å². The summed E-state index contributed by atoms with van der Waals surface area (Å²) < 4.78 is 5.53. The molecule has 1 atom stereocenters. The molecule has 0 amide bonds. The van der Waals surface area contributed by atoms with E-state index in [9.17, 15) is 4.79 Å². The Morgan fingerprint density at radius 2 is 1.72 bits per heavy atom. The normalized spacial score (nSPS) is 14.7. The van der Waals surface area contributed by atoms with Gasteiger partial charge in [0.1, 0.15) is 0 Å². The average Bonchev–Trinajstić information content (AvgIpc) is 2.39. The van der Waals surface area contributed by atoms with Crippen LogP contribution in [0, 0.1) is 5.92 Å². The zero-order valence-corrected chi connectivity index (χ0v) is 15.1. The lowest BCUT2D eigenvalue weighted by atomic mass is 9.84. The van der Waals surface area contributed by atoms with E-state index in [-0.39, 0.29) is 11.0 Å². The Bertz CT molecular complexity index is 227. The summed E-state index contributed by atoms with van der Waals surface area (Å²) in [6.07, 6.45) is 7.75. The molecule has 108 valence electrons. The topological polar surface area (TPSA) is 26.3 Å². The summed E-state index contributed by atoms with van der Waals surface area (Å²) in [6, 6.07) is 0. The molecule has 0 rings (SSSR count). The van der Waals surface area contributed by atoms with Crippen LogP contribution in [0.2, 0.25) is 5.04 Å². The highest BCUT2D eigenvalue weighted by Crippen LogP contribution is 2.41. The number of rotatable bonds is 10. The Morgan fingerprint density at radius 1 is 1.11 bits per heavy atom. The van der Waals surface area contributed by atoms with Gasteiger partial charge in [-0.15, -0.1) is 0 Å². The van der Waals surface area contributed by atoms with E-state index in [4.69, 9.17) is 4.74 Å². The molecule has 0 aromatic rings. The molecule has 2 nitrogen and oxygen atoms in total. The van der Waals surface area contributed by atoms with E-state index in [0.717, 1.165) is 35.9 Å². The predicted molar refractivity (Wildman–Crippen MR) is 82.1 cm³/mol. The molecule has 0 saturated heterocycles. The number of hydrogen-bond donors (Lipinski definition) is 0. The van der Waals surface area contributed by atoms with Crippen molar-refractivity contribution < 1.29 is 9.53 Å². The lowest BCUT2D eigenvalue weighted by Gasteiger charge is -2.33. The smallest absolute Gasteiger partial charge is 0.308 e. The Balaban J connectivity index is 4.25. The van der Waals surface area contributed by atoms with Crippen molar-refractivity contribution in [2.24, 2.45) is 5.92 Å². The fraction of sp³-hybridized carbons (Fsp3) is 0.933. The molecule has 18 heavy (non-hydrogen) atoms. The van der Waals surface area contributed by atoms with Crippen LogP contribution in [0.3, 0.4) is 0 Å². The standard InChI is InChI=1S/C15H32O2Si/c1-5-9-10-11-12-17-14(16)15(18,8-4)13(6-2)7-3/h13H,5-12H2,1-4,18H3. The molecule has 1 unspecified atom stereocenters. The van der Waals surface area contributed by atoms with E-state index in [1.165, 1.54) is 19.3 Å². The number of ether oxygens (including phenoxy) is 1. The minimum Gasteiger partial charge on any atom is -0.466 e. The van der Waals surface area contributed by atoms with Gasteiger partial charge in [0.05, 0.1) is 11.6 Å². The molecule has 0 fully saturated rings. The summed E-state index contributed by atoms with van der Waals surface area (Å²) >= 11 is 0.